The maximum Gasteiger partial charge on any atom is 0.260 e. The Morgan fingerprint density at radius 1 is 1.44 bits per heavy atom. The topological polar surface area (TPSA) is 53.3 Å². The van der Waals surface area contributed by atoms with E-state index in [1.54, 1.807) is 11.0 Å². The van der Waals surface area contributed by atoms with Gasteiger partial charge in [-0.3, -0.25) is 4.79 Å². The lowest BCUT2D eigenvalue weighted by molar-refractivity contribution is -0.132. The molecule has 0 atom stereocenters. The highest BCUT2D eigenvalue weighted by Gasteiger charge is 2.19. The Labute approximate surface area is 105 Å². The Morgan fingerprint density at radius 3 is 2.83 bits per heavy atom. The summed E-state index contributed by atoms with van der Waals surface area (Å²) in [4.78, 5) is 13.4. The molecule has 0 bridgehead atoms. The van der Waals surface area contributed by atoms with Crippen LogP contribution in [0, 0.1) is 17.1 Å². The van der Waals surface area contributed by atoms with Crippen molar-refractivity contribution < 1.29 is 13.9 Å². The Morgan fingerprint density at radius 2 is 2.17 bits per heavy atom. The van der Waals surface area contributed by atoms with Gasteiger partial charge in [-0.1, -0.05) is 6.07 Å². The van der Waals surface area contributed by atoms with Gasteiger partial charge in [0.25, 0.3) is 5.91 Å². The van der Waals surface area contributed by atoms with Crippen LogP contribution in [0.1, 0.15) is 18.4 Å². The molecule has 0 N–H and O–H groups in total. The molecule has 1 aromatic carbocycles. The molecule has 1 fully saturated rings. The summed E-state index contributed by atoms with van der Waals surface area (Å²) in [5.74, 6) is -0.644. The number of ether oxygens (including phenoxy) is 1. The molecule has 1 saturated heterocycles. The molecular formula is C13H13FN2O2. The van der Waals surface area contributed by atoms with Gasteiger partial charge in [-0.05, 0) is 25.0 Å². The van der Waals surface area contributed by atoms with Crippen LogP contribution in [-0.2, 0) is 4.79 Å². The van der Waals surface area contributed by atoms with Crippen LogP contribution in [0.15, 0.2) is 18.2 Å². The van der Waals surface area contributed by atoms with Crippen molar-refractivity contribution in [2.45, 2.75) is 12.8 Å². The van der Waals surface area contributed by atoms with E-state index in [0.29, 0.717) is 0 Å². The number of halogens is 1. The zero-order valence-corrected chi connectivity index (χ0v) is 9.86. The number of carbonyl (C=O) groups is 1. The Balaban J connectivity index is 2.00. The van der Waals surface area contributed by atoms with Crippen LogP contribution >= 0.6 is 0 Å². The van der Waals surface area contributed by atoms with Crippen molar-refractivity contribution in [3.8, 4) is 11.8 Å². The standard InChI is InChI=1S/C13H13FN2O2/c14-11-4-3-5-12(10(11)8-15)18-9-13(17)16-6-1-2-7-16/h3-5H,1-2,6-7,9H2. The first-order valence-electron chi connectivity index (χ1n) is 5.81. The van der Waals surface area contributed by atoms with Crippen molar-refractivity contribution in [2.75, 3.05) is 19.7 Å². The molecule has 0 aromatic heterocycles. The fourth-order valence-corrected chi connectivity index (χ4v) is 1.93. The molecule has 0 saturated carbocycles. The van der Waals surface area contributed by atoms with Crippen molar-refractivity contribution in [3.63, 3.8) is 0 Å². The van der Waals surface area contributed by atoms with E-state index in [2.05, 4.69) is 0 Å². The largest absolute Gasteiger partial charge is 0.482 e. The van der Waals surface area contributed by atoms with Crippen LogP contribution in [0.25, 0.3) is 0 Å². The number of carbonyl (C=O) groups excluding carboxylic acids is 1. The van der Waals surface area contributed by atoms with Gasteiger partial charge in [0.05, 0.1) is 0 Å². The minimum absolute atomic E-state index is 0.116. The minimum atomic E-state index is -0.636. The lowest BCUT2D eigenvalue weighted by Gasteiger charge is -2.15. The van der Waals surface area contributed by atoms with E-state index in [9.17, 15) is 9.18 Å². The highest BCUT2D eigenvalue weighted by molar-refractivity contribution is 5.78. The third-order valence-corrected chi connectivity index (χ3v) is 2.90. The molecule has 5 heteroatoms. The number of rotatable bonds is 3. The van der Waals surface area contributed by atoms with E-state index >= 15 is 0 Å². The summed E-state index contributed by atoms with van der Waals surface area (Å²) in [6.07, 6.45) is 2.02. The van der Waals surface area contributed by atoms with Crippen molar-refractivity contribution in [1.82, 2.24) is 4.90 Å². The van der Waals surface area contributed by atoms with Gasteiger partial charge in [0.2, 0.25) is 0 Å². The molecule has 0 unspecified atom stereocenters. The quantitative estimate of drug-likeness (QED) is 0.818. The van der Waals surface area contributed by atoms with Gasteiger partial charge < -0.3 is 9.64 Å². The van der Waals surface area contributed by atoms with Crippen LogP contribution in [0.5, 0.6) is 5.75 Å². The van der Waals surface area contributed by atoms with Crippen LogP contribution in [0.4, 0.5) is 4.39 Å². The average molecular weight is 248 g/mol. The van der Waals surface area contributed by atoms with Gasteiger partial charge in [-0.15, -0.1) is 0 Å². The fraction of sp³-hybridized carbons (Fsp3) is 0.385. The molecule has 0 aliphatic carbocycles. The summed E-state index contributed by atoms with van der Waals surface area (Å²) in [5.41, 5.74) is -0.160. The third-order valence-electron chi connectivity index (χ3n) is 2.90. The average Bonchev–Trinajstić information content (AvgIpc) is 2.90. The number of amides is 1. The second kappa shape index (κ2) is 5.50. The van der Waals surface area contributed by atoms with E-state index in [4.69, 9.17) is 10.00 Å². The molecule has 1 amide bonds. The van der Waals surface area contributed by atoms with Crippen LogP contribution in [0.2, 0.25) is 0 Å². The highest BCUT2D eigenvalue weighted by atomic mass is 19.1. The highest BCUT2D eigenvalue weighted by Crippen LogP contribution is 2.20. The summed E-state index contributed by atoms with van der Waals surface area (Å²) in [6, 6.07) is 5.86. The van der Waals surface area contributed by atoms with E-state index in [-0.39, 0.29) is 23.8 Å². The Kier molecular flexibility index (Phi) is 3.78. The lowest BCUT2D eigenvalue weighted by Crippen LogP contribution is -2.32. The molecular weight excluding hydrogens is 235 g/mol. The molecule has 2 rings (SSSR count). The number of likely N-dealkylation sites (tertiary alicyclic amines) is 1. The molecule has 94 valence electrons. The first kappa shape index (κ1) is 12.4. The maximum absolute atomic E-state index is 13.3. The Bertz CT molecular complexity index is 490. The summed E-state index contributed by atoms with van der Waals surface area (Å²) in [5, 5.41) is 8.81. The molecule has 4 nitrogen and oxygen atoms in total. The Hall–Kier alpha value is -2.09. The SMILES string of the molecule is N#Cc1c(F)cccc1OCC(=O)N1CCCC1. The molecule has 1 heterocycles. The van der Waals surface area contributed by atoms with E-state index < -0.39 is 5.82 Å². The summed E-state index contributed by atoms with van der Waals surface area (Å²) < 4.78 is 18.5. The van der Waals surface area contributed by atoms with Gasteiger partial charge in [0.1, 0.15) is 23.2 Å². The second-order valence-corrected chi connectivity index (χ2v) is 4.10. The van der Waals surface area contributed by atoms with Crippen LogP contribution in [0.3, 0.4) is 0 Å². The second-order valence-electron chi connectivity index (χ2n) is 4.10. The van der Waals surface area contributed by atoms with Gasteiger partial charge in [-0.2, -0.15) is 5.26 Å². The molecule has 0 radical (unpaired) electrons. The summed E-state index contributed by atoms with van der Waals surface area (Å²) in [6.45, 7) is 1.34. The number of hydrogen-bond acceptors (Lipinski definition) is 3. The number of nitrogens with zero attached hydrogens (tertiary/aromatic N) is 2. The summed E-state index contributed by atoms with van der Waals surface area (Å²) in [7, 11) is 0. The number of nitriles is 1. The molecule has 1 aliphatic rings. The third kappa shape index (κ3) is 2.59. The maximum atomic E-state index is 13.3. The zero-order chi connectivity index (χ0) is 13.0. The lowest BCUT2D eigenvalue weighted by atomic mass is 10.2. The van der Waals surface area contributed by atoms with Crippen molar-refractivity contribution in [1.29, 1.82) is 5.26 Å². The van der Waals surface area contributed by atoms with E-state index in [1.807, 2.05) is 0 Å². The molecule has 18 heavy (non-hydrogen) atoms. The normalized spacial score (nSPS) is 14.3. The minimum Gasteiger partial charge on any atom is -0.482 e. The predicted octanol–water partition coefficient (Wildman–Crippen LogP) is 1.70. The molecule has 0 spiro atoms. The van der Waals surface area contributed by atoms with Crippen molar-refractivity contribution >= 4 is 5.91 Å². The van der Waals surface area contributed by atoms with Gasteiger partial charge in [0, 0.05) is 13.1 Å². The van der Waals surface area contributed by atoms with Crippen molar-refractivity contribution in [3.05, 3.63) is 29.6 Å². The van der Waals surface area contributed by atoms with E-state index in [0.717, 1.165) is 25.9 Å². The monoisotopic (exact) mass is 248 g/mol. The van der Waals surface area contributed by atoms with Gasteiger partial charge in [0.15, 0.2) is 6.61 Å². The first-order valence-corrected chi connectivity index (χ1v) is 5.81. The van der Waals surface area contributed by atoms with E-state index in [1.165, 1.54) is 18.2 Å². The smallest absolute Gasteiger partial charge is 0.260 e. The van der Waals surface area contributed by atoms with Crippen LogP contribution < -0.4 is 4.74 Å². The first-order chi connectivity index (χ1) is 8.72. The molecule has 1 aliphatic heterocycles. The fourth-order valence-electron chi connectivity index (χ4n) is 1.93. The van der Waals surface area contributed by atoms with Crippen molar-refractivity contribution in [2.24, 2.45) is 0 Å². The predicted molar refractivity (Wildman–Crippen MR) is 62.4 cm³/mol. The van der Waals surface area contributed by atoms with Gasteiger partial charge >= 0.3 is 0 Å². The number of hydrogen-bond donors (Lipinski definition) is 0. The van der Waals surface area contributed by atoms with Gasteiger partial charge in [-0.25, -0.2) is 4.39 Å². The summed E-state index contributed by atoms with van der Waals surface area (Å²) >= 11 is 0. The molecule has 1 aromatic rings. The number of benzene rings is 1. The van der Waals surface area contributed by atoms with Crippen LogP contribution in [-0.4, -0.2) is 30.5 Å². The zero-order valence-electron chi connectivity index (χ0n) is 9.86.